The molecule has 26 heavy (non-hydrogen) atoms. The number of hydrogen-bond acceptors (Lipinski definition) is 5. The fourth-order valence-electron chi connectivity index (χ4n) is 2.79. The Labute approximate surface area is 149 Å². The third-order valence-corrected chi connectivity index (χ3v) is 4.02. The summed E-state index contributed by atoms with van der Waals surface area (Å²) in [6, 6.07) is 4.51. The summed E-state index contributed by atoms with van der Waals surface area (Å²) in [6.07, 6.45) is 0.797. The molecular formula is C18H20N4O4. The van der Waals surface area contributed by atoms with Crippen molar-refractivity contribution >= 4 is 17.0 Å². The topological polar surface area (TPSA) is 110 Å². The van der Waals surface area contributed by atoms with Gasteiger partial charge in [0, 0.05) is 6.54 Å². The van der Waals surface area contributed by atoms with Crippen molar-refractivity contribution in [2.45, 2.75) is 33.7 Å². The molecule has 0 radical (unpaired) electrons. The van der Waals surface area contributed by atoms with E-state index in [2.05, 4.69) is 15.1 Å². The van der Waals surface area contributed by atoms with E-state index in [1.807, 2.05) is 13.8 Å². The van der Waals surface area contributed by atoms with Crippen molar-refractivity contribution in [3.8, 4) is 17.1 Å². The molecule has 0 aliphatic heterocycles. The lowest BCUT2D eigenvalue weighted by Gasteiger charge is -2.11. The van der Waals surface area contributed by atoms with Gasteiger partial charge in [0.2, 0.25) is 0 Å². The number of ether oxygens (including phenoxy) is 1. The quantitative estimate of drug-likeness (QED) is 0.702. The lowest BCUT2D eigenvalue weighted by atomic mass is 10.1. The highest BCUT2D eigenvalue weighted by atomic mass is 16.5. The van der Waals surface area contributed by atoms with Crippen LogP contribution in [0.4, 0.5) is 0 Å². The van der Waals surface area contributed by atoms with Gasteiger partial charge in [-0.1, -0.05) is 6.92 Å². The maximum atomic E-state index is 12.6. The number of aromatic nitrogens is 4. The second kappa shape index (κ2) is 6.99. The first kappa shape index (κ1) is 17.7. The number of fused-ring (bicyclic) bond motifs is 1. The molecule has 2 N–H and O–H groups in total. The van der Waals surface area contributed by atoms with Gasteiger partial charge in [0.1, 0.15) is 17.0 Å². The summed E-state index contributed by atoms with van der Waals surface area (Å²) >= 11 is 0. The molecule has 0 amide bonds. The summed E-state index contributed by atoms with van der Waals surface area (Å²) in [5.41, 5.74) is 1.27. The Kier molecular flexibility index (Phi) is 4.75. The van der Waals surface area contributed by atoms with Gasteiger partial charge in [0.05, 0.1) is 23.4 Å². The van der Waals surface area contributed by atoms with Crippen molar-refractivity contribution in [3.05, 3.63) is 39.8 Å². The highest BCUT2D eigenvalue weighted by Gasteiger charge is 2.18. The first-order chi connectivity index (χ1) is 12.5. The van der Waals surface area contributed by atoms with Crippen molar-refractivity contribution in [2.75, 3.05) is 6.61 Å². The predicted molar refractivity (Wildman–Crippen MR) is 96.7 cm³/mol. The number of carboxylic acid groups (broad SMARTS) is 1. The minimum atomic E-state index is -1.06. The van der Waals surface area contributed by atoms with E-state index in [0.29, 0.717) is 41.2 Å². The first-order valence-corrected chi connectivity index (χ1v) is 8.44. The van der Waals surface area contributed by atoms with Gasteiger partial charge in [-0.05, 0) is 38.5 Å². The Hall–Kier alpha value is -3.16. The summed E-state index contributed by atoms with van der Waals surface area (Å²) < 4.78 is 7.36. The molecule has 136 valence electrons. The van der Waals surface area contributed by atoms with Crippen molar-refractivity contribution in [1.82, 2.24) is 19.7 Å². The molecular weight excluding hydrogens is 336 g/mol. The molecule has 0 aliphatic rings. The first-order valence-electron chi connectivity index (χ1n) is 8.44. The number of H-pyrrole nitrogens is 1. The Morgan fingerprint density at radius 2 is 2.12 bits per heavy atom. The summed E-state index contributed by atoms with van der Waals surface area (Å²) in [6.45, 7) is 6.67. The van der Waals surface area contributed by atoms with Gasteiger partial charge in [-0.25, -0.2) is 14.5 Å². The van der Waals surface area contributed by atoms with Crippen molar-refractivity contribution in [1.29, 1.82) is 0 Å². The largest absolute Gasteiger partial charge is 0.493 e. The molecule has 2 heterocycles. The summed E-state index contributed by atoms with van der Waals surface area (Å²) in [7, 11) is 0. The van der Waals surface area contributed by atoms with E-state index >= 15 is 0 Å². The number of aryl methyl sites for hydroxylation is 2. The summed E-state index contributed by atoms with van der Waals surface area (Å²) in [5, 5.41) is 14.0. The van der Waals surface area contributed by atoms with Crippen LogP contribution in [0.25, 0.3) is 22.4 Å². The van der Waals surface area contributed by atoms with Crippen LogP contribution >= 0.6 is 0 Å². The number of carbonyl (C=O) groups is 1. The molecule has 0 saturated heterocycles. The monoisotopic (exact) mass is 356 g/mol. The fraction of sp³-hybridized carbons (Fsp3) is 0.333. The highest BCUT2D eigenvalue weighted by Crippen LogP contribution is 2.29. The van der Waals surface area contributed by atoms with E-state index in [9.17, 15) is 14.7 Å². The number of nitrogens with one attached hydrogen (secondary N) is 1. The van der Waals surface area contributed by atoms with Crippen LogP contribution in [0, 0.1) is 6.92 Å². The number of aromatic amines is 1. The summed E-state index contributed by atoms with van der Waals surface area (Å²) in [5.74, 6) is -0.337. The zero-order valence-corrected chi connectivity index (χ0v) is 14.9. The van der Waals surface area contributed by atoms with E-state index in [4.69, 9.17) is 4.74 Å². The number of rotatable bonds is 6. The second-order valence-corrected chi connectivity index (χ2v) is 5.88. The SMILES string of the molecule is CCCOc1ccc(C(=O)O)cc1-c1nc2c(c(C)nn2CC)c(=O)[nH]1. The zero-order chi connectivity index (χ0) is 18.8. The Bertz CT molecular complexity index is 1040. The van der Waals surface area contributed by atoms with Crippen molar-refractivity contribution in [2.24, 2.45) is 0 Å². The molecule has 0 fully saturated rings. The fourth-order valence-corrected chi connectivity index (χ4v) is 2.79. The van der Waals surface area contributed by atoms with Gasteiger partial charge < -0.3 is 14.8 Å². The standard InChI is InChI=1S/C18H20N4O4/c1-4-8-26-13-7-6-11(18(24)25)9-12(13)15-19-16-14(17(23)20-15)10(3)21-22(16)5-2/h6-7,9H,4-5,8H2,1-3H3,(H,24,25)(H,19,20,23). The Balaban J connectivity index is 2.26. The smallest absolute Gasteiger partial charge is 0.335 e. The zero-order valence-electron chi connectivity index (χ0n) is 14.9. The van der Waals surface area contributed by atoms with Gasteiger partial charge in [-0.15, -0.1) is 0 Å². The molecule has 0 aliphatic carbocycles. The van der Waals surface area contributed by atoms with Crippen LogP contribution in [0.1, 0.15) is 36.3 Å². The number of benzene rings is 1. The van der Waals surface area contributed by atoms with Gasteiger partial charge in [-0.3, -0.25) is 4.79 Å². The van der Waals surface area contributed by atoms with Gasteiger partial charge in [-0.2, -0.15) is 5.10 Å². The lowest BCUT2D eigenvalue weighted by Crippen LogP contribution is -2.12. The van der Waals surface area contributed by atoms with Crippen LogP contribution < -0.4 is 10.3 Å². The highest BCUT2D eigenvalue weighted by molar-refractivity contribution is 5.90. The molecule has 8 nitrogen and oxygen atoms in total. The molecule has 3 rings (SSSR count). The van der Waals surface area contributed by atoms with Crippen LogP contribution in [-0.2, 0) is 6.54 Å². The molecule has 0 bridgehead atoms. The van der Waals surface area contributed by atoms with Gasteiger partial charge in [0.25, 0.3) is 5.56 Å². The van der Waals surface area contributed by atoms with Crippen LogP contribution in [0.2, 0.25) is 0 Å². The van der Waals surface area contributed by atoms with E-state index in [-0.39, 0.29) is 16.9 Å². The maximum absolute atomic E-state index is 12.6. The minimum absolute atomic E-state index is 0.0896. The van der Waals surface area contributed by atoms with E-state index in [1.54, 1.807) is 17.7 Å². The van der Waals surface area contributed by atoms with E-state index in [0.717, 1.165) is 6.42 Å². The molecule has 0 unspecified atom stereocenters. The van der Waals surface area contributed by atoms with Crippen molar-refractivity contribution in [3.63, 3.8) is 0 Å². The maximum Gasteiger partial charge on any atom is 0.335 e. The predicted octanol–water partition coefficient (Wildman–Crippen LogP) is 2.60. The molecule has 1 aromatic carbocycles. The van der Waals surface area contributed by atoms with E-state index in [1.165, 1.54) is 12.1 Å². The average molecular weight is 356 g/mol. The summed E-state index contributed by atoms with van der Waals surface area (Å²) in [4.78, 5) is 31.2. The molecule has 2 aromatic heterocycles. The van der Waals surface area contributed by atoms with Crippen LogP contribution in [0.3, 0.4) is 0 Å². The van der Waals surface area contributed by atoms with Gasteiger partial charge in [0.15, 0.2) is 5.65 Å². The Morgan fingerprint density at radius 3 is 2.77 bits per heavy atom. The molecule has 0 spiro atoms. The van der Waals surface area contributed by atoms with Gasteiger partial charge >= 0.3 is 5.97 Å². The Morgan fingerprint density at radius 1 is 1.35 bits per heavy atom. The van der Waals surface area contributed by atoms with Crippen LogP contribution in [-0.4, -0.2) is 37.4 Å². The van der Waals surface area contributed by atoms with Crippen LogP contribution in [0.15, 0.2) is 23.0 Å². The minimum Gasteiger partial charge on any atom is -0.493 e. The lowest BCUT2D eigenvalue weighted by molar-refractivity contribution is 0.0697. The third-order valence-electron chi connectivity index (χ3n) is 4.02. The number of hydrogen-bond donors (Lipinski definition) is 2. The third kappa shape index (κ3) is 3.05. The molecule has 0 atom stereocenters. The average Bonchev–Trinajstić information content (AvgIpc) is 2.96. The number of nitrogens with zero attached hydrogens (tertiary/aromatic N) is 3. The van der Waals surface area contributed by atoms with Crippen LogP contribution in [0.5, 0.6) is 5.75 Å². The number of carboxylic acids is 1. The molecule has 0 saturated carbocycles. The van der Waals surface area contributed by atoms with E-state index < -0.39 is 5.97 Å². The normalized spacial score (nSPS) is 11.0. The second-order valence-electron chi connectivity index (χ2n) is 5.88. The number of aromatic carboxylic acids is 1. The molecule has 3 aromatic rings. The van der Waals surface area contributed by atoms with Crippen molar-refractivity contribution < 1.29 is 14.6 Å². The molecule has 8 heteroatoms.